The van der Waals surface area contributed by atoms with Gasteiger partial charge in [-0.05, 0) is 24.6 Å². The van der Waals surface area contributed by atoms with Crippen LogP contribution in [0.15, 0.2) is 42.5 Å². The SMILES string of the molecule is C[C@H](NCC(=O)Nc1ccc([N+](=O)[O-])cc1C#N)c1ccccc1Cl. The summed E-state index contributed by atoms with van der Waals surface area (Å²) >= 11 is 6.11. The molecule has 0 saturated heterocycles. The van der Waals surface area contributed by atoms with Crippen LogP contribution in [0.4, 0.5) is 11.4 Å². The number of halogens is 1. The zero-order chi connectivity index (χ0) is 18.4. The number of amides is 1. The van der Waals surface area contributed by atoms with E-state index >= 15 is 0 Å². The van der Waals surface area contributed by atoms with Gasteiger partial charge < -0.3 is 10.6 Å². The van der Waals surface area contributed by atoms with E-state index in [1.165, 1.54) is 12.1 Å². The van der Waals surface area contributed by atoms with Gasteiger partial charge in [0, 0.05) is 23.2 Å². The summed E-state index contributed by atoms with van der Waals surface area (Å²) in [6, 6.07) is 12.7. The molecule has 0 fully saturated rings. The number of nitro benzene ring substituents is 1. The van der Waals surface area contributed by atoms with Gasteiger partial charge in [0.05, 0.1) is 22.7 Å². The molecule has 0 heterocycles. The Morgan fingerprint density at radius 2 is 2.08 bits per heavy atom. The fraction of sp³-hybridized carbons (Fsp3) is 0.176. The van der Waals surface area contributed by atoms with Gasteiger partial charge in [0.2, 0.25) is 5.91 Å². The Bertz CT molecular complexity index is 848. The van der Waals surface area contributed by atoms with Crippen LogP contribution >= 0.6 is 11.6 Å². The third kappa shape index (κ3) is 4.76. The van der Waals surface area contributed by atoms with E-state index in [-0.39, 0.29) is 35.4 Å². The summed E-state index contributed by atoms with van der Waals surface area (Å²) in [4.78, 5) is 22.2. The number of rotatable bonds is 6. The summed E-state index contributed by atoms with van der Waals surface area (Å²) < 4.78 is 0. The van der Waals surface area contributed by atoms with Gasteiger partial charge in [-0.15, -0.1) is 0 Å². The van der Waals surface area contributed by atoms with Crippen LogP contribution in [0.1, 0.15) is 24.1 Å². The van der Waals surface area contributed by atoms with E-state index in [9.17, 15) is 14.9 Å². The number of nitriles is 1. The third-order valence-electron chi connectivity index (χ3n) is 3.55. The minimum atomic E-state index is -0.598. The molecule has 0 unspecified atom stereocenters. The van der Waals surface area contributed by atoms with Crippen molar-refractivity contribution in [3.8, 4) is 6.07 Å². The topological polar surface area (TPSA) is 108 Å². The number of hydrogen-bond acceptors (Lipinski definition) is 5. The highest BCUT2D eigenvalue weighted by molar-refractivity contribution is 6.31. The average Bonchev–Trinajstić information content (AvgIpc) is 2.60. The number of benzene rings is 2. The van der Waals surface area contributed by atoms with Crippen molar-refractivity contribution in [1.29, 1.82) is 5.26 Å². The highest BCUT2D eigenvalue weighted by atomic mass is 35.5. The van der Waals surface area contributed by atoms with Gasteiger partial charge in [0.15, 0.2) is 0 Å². The van der Waals surface area contributed by atoms with Gasteiger partial charge in [-0.3, -0.25) is 14.9 Å². The number of hydrogen-bond donors (Lipinski definition) is 2. The highest BCUT2D eigenvalue weighted by Gasteiger charge is 2.14. The zero-order valence-electron chi connectivity index (χ0n) is 13.3. The van der Waals surface area contributed by atoms with Gasteiger partial charge in [-0.2, -0.15) is 5.26 Å². The lowest BCUT2D eigenvalue weighted by atomic mass is 10.1. The van der Waals surface area contributed by atoms with Crippen LogP contribution in [-0.4, -0.2) is 17.4 Å². The van der Waals surface area contributed by atoms with E-state index in [4.69, 9.17) is 16.9 Å². The molecule has 2 aromatic rings. The molecule has 128 valence electrons. The predicted molar refractivity (Wildman–Crippen MR) is 94.3 cm³/mol. The second-order valence-corrected chi connectivity index (χ2v) is 5.68. The number of anilines is 1. The van der Waals surface area contributed by atoms with Crippen LogP contribution in [0.3, 0.4) is 0 Å². The van der Waals surface area contributed by atoms with E-state index in [1.54, 1.807) is 6.07 Å². The molecule has 1 atom stereocenters. The van der Waals surface area contributed by atoms with E-state index in [2.05, 4.69) is 10.6 Å². The largest absolute Gasteiger partial charge is 0.324 e. The smallest absolute Gasteiger partial charge is 0.270 e. The first kappa shape index (κ1) is 18.4. The van der Waals surface area contributed by atoms with E-state index in [1.807, 2.05) is 31.2 Å². The lowest BCUT2D eigenvalue weighted by Gasteiger charge is -2.15. The first-order chi connectivity index (χ1) is 11.9. The Morgan fingerprint density at radius 1 is 1.36 bits per heavy atom. The number of carbonyl (C=O) groups is 1. The van der Waals surface area contributed by atoms with E-state index in [0.29, 0.717) is 5.02 Å². The number of non-ortho nitro benzene ring substituents is 1. The van der Waals surface area contributed by atoms with Crippen LogP contribution in [0.5, 0.6) is 0 Å². The quantitative estimate of drug-likeness (QED) is 0.607. The highest BCUT2D eigenvalue weighted by Crippen LogP contribution is 2.23. The summed E-state index contributed by atoms with van der Waals surface area (Å²) in [5.74, 6) is -0.371. The summed E-state index contributed by atoms with van der Waals surface area (Å²) in [6.07, 6.45) is 0. The monoisotopic (exact) mass is 358 g/mol. The Morgan fingerprint density at radius 3 is 2.72 bits per heavy atom. The summed E-state index contributed by atoms with van der Waals surface area (Å²) in [7, 11) is 0. The van der Waals surface area contributed by atoms with Crippen molar-refractivity contribution in [3.05, 3.63) is 68.7 Å². The Balaban J connectivity index is 2.00. The lowest BCUT2D eigenvalue weighted by Crippen LogP contribution is -2.30. The molecule has 0 bridgehead atoms. The molecule has 0 aromatic heterocycles. The minimum Gasteiger partial charge on any atom is -0.324 e. The fourth-order valence-electron chi connectivity index (χ4n) is 2.22. The fourth-order valence-corrected chi connectivity index (χ4v) is 2.52. The van der Waals surface area contributed by atoms with Crippen molar-refractivity contribution in [2.24, 2.45) is 0 Å². The Labute approximate surface area is 149 Å². The number of nitrogens with zero attached hydrogens (tertiary/aromatic N) is 2. The molecule has 0 aliphatic heterocycles. The number of nitro groups is 1. The van der Waals surface area contributed by atoms with Crippen LogP contribution in [0.2, 0.25) is 5.02 Å². The predicted octanol–water partition coefficient (Wildman–Crippen LogP) is 3.41. The maximum Gasteiger partial charge on any atom is 0.270 e. The van der Waals surface area contributed by atoms with E-state index < -0.39 is 4.92 Å². The van der Waals surface area contributed by atoms with Gasteiger partial charge in [0.25, 0.3) is 5.69 Å². The summed E-state index contributed by atoms with van der Waals surface area (Å²) in [5, 5.41) is 26.0. The van der Waals surface area contributed by atoms with Gasteiger partial charge in [0.1, 0.15) is 6.07 Å². The average molecular weight is 359 g/mol. The van der Waals surface area contributed by atoms with Crippen LogP contribution < -0.4 is 10.6 Å². The molecular weight excluding hydrogens is 344 g/mol. The minimum absolute atomic E-state index is 0.00571. The van der Waals surface area contributed by atoms with Crippen LogP contribution in [0, 0.1) is 21.4 Å². The maximum absolute atomic E-state index is 12.1. The number of carbonyl (C=O) groups excluding carboxylic acids is 1. The van der Waals surface area contributed by atoms with Gasteiger partial charge in [-0.25, -0.2) is 0 Å². The summed E-state index contributed by atoms with van der Waals surface area (Å²) in [5.41, 5.74) is 0.914. The van der Waals surface area contributed by atoms with Gasteiger partial charge >= 0.3 is 0 Å². The Hall–Kier alpha value is -2.95. The van der Waals surface area contributed by atoms with Crippen LogP contribution in [-0.2, 0) is 4.79 Å². The lowest BCUT2D eigenvalue weighted by molar-refractivity contribution is -0.384. The first-order valence-corrected chi connectivity index (χ1v) is 7.76. The standard InChI is InChI=1S/C17H15ClN4O3/c1-11(14-4-2-3-5-15(14)18)20-10-17(23)21-16-7-6-13(22(24)25)8-12(16)9-19/h2-8,11,20H,10H2,1H3,(H,21,23)/t11-/m0/s1. The molecular formula is C17H15ClN4O3. The zero-order valence-corrected chi connectivity index (χ0v) is 14.1. The molecule has 2 aromatic carbocycles. The molecule has 0 aliphatic rings. The van der Waals surface area contributed by atoms with Crippen molar-refractivity contribution < 1.29 is 9.72 Å². The first-order valence-electron chi connectivity index (χ1n) is 7.38. The van der Waals surface area contributed by atoms with Crippen molar-refractivity contribution in [2.45, 2.75) is 13.0 Å². The molecule has 0 aliphatic carbocycles. The number of nitrogens with one attached hydrogen (secondary N) is 2. The molecule has 2 rings (SSSR count). The molecule has 25 heavy (non-hydrogen) atoms. The summed E-state index contributed by atoms with van der Waals surface area (Å²) in [6.45, 7) is 1.87. The maximum atomic E-state index is 12.1. The molecule has 0 spiro atoms. The van der Waals surface area contributed by atoms with Crippen molar-refractivity contribution in [1.82, 2.24) is 5.32 Å². The molecule has 0 radical (unpaired) electrons. The molecule has 7 nitrogen and oxygen atoms in total. The van der Waals surface area contributed by atoms with Crippen molar-refractivity contribution in [3.63, 3.8) is 0 Å². The molecule has 8 heteroatoms. The third-order valence-corrected chi connectivity index (χ3v) is 3.89. The second kappa shape index (κ2) is 8.24. The van der Waals surface area contributed by atoms with Crippen LogP contribution in [0.25, 0.3) is 0 Å². The van der Waals surface area contributed by atoms with Crippen molar-refractivity contribution >= 4 is 28.9 Å². The van der Waals surface area contributed by atoms with Crippen molar-refractivity contribution in [2.75, 3.05) is 11.9 Å². The van der Waals surface area contributed by atoms with Gasteiger partial charge in [-0.1, -0.05) is 29.8 Å². The normalized spacial score (nSPS) is 11.4. The molecule has 1 amide bonds. The van der Waals surface area contributed by atoms with E-state index in [0.717, 1.165) is 11.6 Å². The molecule has 0 saturated carbocycles. The Kier molecular flexibility index (Phi) is 6.06. The second-order valence-electron chi connectivity index (χ2n) is 5.27. The molecule has 2 N–H and O–H groups in total.